The van der Waals surface area contributed by atoms with Crippen molar-refractivity contribution in [2.75, 3.05) is 18.1 Å². The highest BCUT2D eigenvalue weighted by atomic mass is 32.2. The number of nitrogens with one attached hydrogen (secondary N) is 2. The molecule has 0 spiro atoms. The lowest BCUT2D eigenvalue weighted by Crippen LogP contribution is -2.38. The van der Waals surface area contributed by atoms with Gasteiger partial charge in [-0.1, -0.05) is 18.3 Å². The van der Waals surface area contributed by atoms with Crippen LogP contribution in [0.25, 0.3) is 0 Å². The van der Waals surface area contributed by atoms with Crippen molar-refractivity contribution in [3.8, 4) is 0 Å². The van der Waals surface area contributed by atoms with Crippen LogP contribution in [0.1, 0.15) is 25.8 Å². The second-order valence-electron chi connectivity index (χ2n) is 4.13. The largest absolute Gasteiger partial charge is 0.336 e. The van der Waals surface area contributed by atoms with Crippen LogP contribution >= 0.6 is 23.1 Å². The van der Waals surface area contributed by atoms with Crippen molar-refractivity contribution in [1.82, 2.24) is 15.5 Å². The Bertz CT molecular complexity index is 378. The Morgan fingerprint density at radius 2 is 2.18 bits per heavy atom. The average Bonchev–Trinajstić information content (AvgIpc) is 2.74. The number of thioether (sulfide) groups is 1. The molecular formula is C10H18N4OS2. The molecule has 7 heteroatoms. The van der Waals surface area contributed by atoms with Crippen LogP contribution in [0.4, 0.5) is 9.93 Å². The lowest BCUT2D eigenvalue weighted by Gasteiger charge is -2.21. The second-order valence-corrected chi connectivity index (χ2v) is 6.70. The Labute approximate surface area is 110 Å². The lowest BCUT2D eigenvalue weighted by molar-refractivity contribution is 0.251. The molecule has 1 aromatic heterocycles. The quantitative estimate of drug-likeness (QED) is 0.865. The molecule has 0 unspecified atom stereocenters. The molecule has 0 saturated carbocycles. The molecule has 17 heavy (non-hydrogen) atoms. The molecule has 1 heterocycles. The number of nitrogens with zero attached hydrogens (tertiary/aromatic N) is 2. The van der Waals surface area contributed by atoms with Crippen LogP contribution in [-0.4, -0.2) is 33.8 Å². The number of hydrogen-bond acceptors (Lipinski definition) is 5. The third-order valence-electron chi connectivity index (χ3n) is 2.22. The van der Waals surface area contributed by atoms with Crippen molar-refractivity contribution >= 4 is 34.3 Å². The van der Waals surface area contributed by atoms with Gasteiger partial charge in [-0.15, -0.1) is 10.2 Å². The van der Waals surface area contributed by atoms with Gasteiger partial charge in [-0.05, 0) is 26.5 Å². The van der Waals surface area contributed by atoms with E-state index in [2.05, 4.69) is 34.7 Å². The van der Waals surface area contributed by atoms with Crippen molar-refractivity contribution in [1.29, 1.82) is 0 Å². The first-order valence-electron chi connectivity index (χ1n) is 5.39. The van der Waals surface area contributed by atoms with Crippen LogP contribution in [0.5, 0.6) is 0 Å². The fraction of sp³-hybridized carbons (Fsp3) is 0.700. The van der Waals surface area contributed by atoms with Gasteiger partial charge in [-0.3, -0.25) is 5.32 Å². The highest BCUT2D eigenvalue weighted by Crippen LogP contribution is 2.19. The molecule has 0 aliphatic heterocycles. The molecule has 0 atom stereocenters. The Hall–Kier alpha value is -0.820. The fourth-order valence-corrected chi connectivity index (χ4v) is 1.84. The first-order chi connectivity index (χ1) is 7.96. The third kappa shape index (κ3) is 4.91. The predicted octanol–water partition coefficient (Wildman–Crippen LogP) is 2.36. The van der Waals surface area contributed by atoms with E-state index < -0.39 is 0 Å². The predicted molar refractivity (Wildman–Crippen MR) is 73.9 cm³/mol. The summed E-state index contributed by atoms with van der Waals surface area (Å²) in [5.41, 5.74) is 0. The second kappa shape index (κ2) is 6.20. The summed E-state index contributed by atoms with van der Waals surface area (Å²) in [6.07, 6.45) is 2.86. The van der Waals surface area contributed by atoms with E-state index in [0.29, 0.717) is 11.7 Å². The van der Waals surface area contributed by atoms with Crippen molar-refractivity contribution in [2.24, 2.45) is 0 Å². The zero-order valence-electron chi connectivity index (χ0n) is 10.5. The molecular weight excluding hydrogens is 256 g/mol. The van der Waals surface area contributed by atoms with E-state index in [0.717, 1.165) is 11.4 Å². The van der Waals surface area contributed by atoms with Crippen LogP contribution in [0.3, 0.4) is 0 Å². The van der Waals surface area contributed by atoms with E-state index in [4.69, 9.17) is 0 Å². The number of carbonyl (C=O) groups is 1. The molecule has 2 N–H and O–H groups in total. The molecule has 0 aliphatic rings. The molecule has 1 aromatic rings. The third-order valence-corrected chi connectivity index (χ3v) is 4.45. The first kappa shape index (κ1) is 14.2. The normalized spacial score (nSPS) is 11.3. The van der Waals surface area contributed by atoms with Gasteiger partial charge < -0.3 is 5.32 Å². The Morgan fingerprint density at radius 3 is 2.71 bits per heavy atom. The molecule has 0 saturated heterocycles. The van der Waals surface area contributed by atoms with Gasteiger partial charge in [0.25, 0.3) is 0 Å². The molecule has 2 amide bonds. The van der Waals surface area contributed by atoms with Crippen molar-refractivity contribution < 1.29 is 4.79 Å². The van der Waals surface area contributed by atoms with E-state index in [1.807, 2.05) is 13.2 Å². The summed E-state index contributed by atoms with van der Waals surface area (Å²) in [4.78, 5) is 11.6. The molecule has 5 nitrogen and oxygen atoms in total. The maximum Gasteiger partial charge on any atom is 0.321 e. The van der Waals surface area contributed by atoms with Gasteiger partial charge in [-0.2, -0.15) is 11.8 Å². The number of aryl methyl sites for hydroxylation is 1. The Kier molecular flexibility index (Phi) is 5.20. The van der Waals surface area contributed by atoms with Crippen LogP contribution in [0.15, 0.2) is 0 Å². The summed E-state index contributed by atoms with van der Waals surface area (Å²) in [6, 6.07) is -0.231. The number of hydrogen-bond donors (Lipinski definition) is 2. The monoisotopic (exact) mass is 274 g/mol. The van der Waals surface area contributed by atoms with Crippen LogP contribution in [-0.2, 0) is 6.42 Å². The number of aromatic nitrogens is 2. The minimum absolute atomic E-state index is 0.0348. The molecule has 0 aliphatic carbocycles. The van der Waals surface area contributed by atoms with Crippen LogP contribution < -0.4 is 10.6 Å². The van der Waals surface area contributed by atoms with Gasteiger partial charge in [0, 0.05) is 11.3 Å². The maximum atomic E-state index is 11.6. The first-order valence-corrected chi connectivity index (χ1v) is 7.43. The average molecular weight is 274 g/mol. The summed E-state index contributed by atoms with van der Waals surface area (Å²) in [7, 11) is 0. The van der Waals surface area contributed by atoms with Gasteiger partial charge in [0.15, 0.2) is 0 Å². The zero-order valence-corrected chi connectivity index (χ0v) is 12.2. The molecule has 96 valence electrons. The van der Waals surface area contributed by atoms with Gasteiger partial charge in [0.1, 0.15) is 5.01 Å². The number of carbonyl (C=O) groups excluding carboxylic acids is 1. The highest BCUT2D eigenvalue weighted by molar-refractivity contribution is 7.99. The van der Waals surface area contributed by atoms with E-state index in [-0.39, 0.29) is 10.8 Å². The van der Waals surface area contributed by atoms with Gasteiger partial charge >= 0.3 is 6.03 Å². The van der Waals surface area contributed by atoms with Crippen molar-refractivity contribution in [3.05, 3.63) is 5.01 Å². The summed E-state index contributed by atoms with van der Waals surface area (Å²) >= 11 is 3.12. The Morgan fingerprint density at radius 1 is 1.47 bits per heavy atom. The van der Waals surface area contributed by atoms with Crippen molar-refractivity contribution in [2.45, 2.75) is 31.9 Å². The zero-order chi connectivity index (χ0) is 12.9. The van der Waals surface area contributed by atoms with Gasteiger partial charge in [-0.25, -0.2) is 4.79 Å². The van der Waals surface area contributed by atoms with E-state index in [1.165, 1.54) is 11.3 Å². The standard InChI is InChI=1S/C10H18N4OS2/c1-5-7-13-14-9(17-7)12-8(15)11-6-10(2,3)16-4/h5-6H2,1-4H3,(H2,11,12,14,15). The van der Waals surface area contributed by atoms with Gasteiger partial charge in [0.2, 0.25) is 5.13 Å². The van der Waals surface area contributed by atoms with Gasteiger partial charge in [0.05, 0.1) is 0 Å². The summed E-state index contributed by atoms with van der Waals surface area (Å²) in [6.45, 7) is 6.78. The highest BCUT2D eigenvalue weighted by Gasteiger charge is 2.17. The van der Waals surface area contributed by atoms with E-state index >= 15 is 0 Å². The fourth-order valence-electron chi connectivity index (χ4n) is 0.954. The lowest BCUT2D eigenvalue weighted by atomic mass is 10.2. The van der Waals surface area contributed by atoms with E-state index in [9.17, 15) is 4.79 Å². The van der Waals surface area contributed by atoms with Crippen LogP contribution in [0, 0.1) is 0 Å². The van der Waals surface area contributed by atoms with Crippen LogP contribution in [0.2, 0.25) is 0 Å². The number of anilines is 1. The summed E-state index contributed by atoms with van der Waals surface area (Å²) in [5, 5.41) is 14.8. The molecule has 0 bridgehead atoms. The molecule has 0 fully saturated rings. The maximum absolute atomic E-state index is 11.6. The SMILES string of the molecule is CCc1nnc(NC(=O)NCC(C)(C)SC)s1. The number of amides is 2. The molecule has 0 radical (unpaired) electrons. The topological polar surface area (TPSA) is 66.9 Å². The minimum Gasteiger partial charge on any atom is -0.336 e. The smallest absolute Gasteiger partial charge is 0.321 e. The molecule has 0 aromatic carbocycles. The number of urea groups is 1. The number of rotatable bonds is 5. The Balaban J connectivity index is 2.39. The van der Waals surface area contributed by atoms with E-state index in [1.54, 1.807) is 11.8 Å². The summed E-state index contributed by atoms with van der Waals surface area (Å²) < 4.78 is 0.0348. The minimum atomic E-state index is -0.231. The summed E-state index contributed by atoms with van der Waals surface area (Å²) in [5.74, 6) is 0. The molecule has 1 rings (SSSR count). The van der Waals surface area contributed by atoms with Crippen molar-refractivity contribution in [3.63, 3.8) is 0 Å².